The fourth-order valence-corrected chi connectivity index (χ4v) is 3.02. The molecule has 0 radical (unpaired) electrons. The summed E-state index contributed by atoms with van der Waals surface area (Å²) in [7, 11) is 1.75. The molecule has 3 aromatic carbocycles. The summed E-state index contributed by atoms with van der Waals surface area (Å²) in [6, 6.07) is 26.4. The minimum atomic E-state index is -0.113. The Morgan fingerprint density at radius 2 is 1.63 bits per heavy atom. The van der Waals surface area contributed by atoms with Gasteiger partial charge >= 0.3 is 0 Å². The van der Waals surface area contributed by atoms with E-state index in [1.165, 1.54) is 0 Å². The van der Waals surface area contributed by atoms with Gasteiger partial charge in [0.2, 0.25) is 0 Å². The number of hydrogen-bond donors (Lipinski definition) is 0. The highest BCUT2D eigenvalue weighted by molar-refractivity contribution is 6.13. The lowest BCUT2D eigenvalue weighted by molar-refractivity contribution is 0.0994. The lowest BCUT2D eigenvalue weighted by atomic mass is 10.1. The molecule has 4 rings (SSSR count). The van der Waals surface area contributed by atoms with Gasteiger partial charge in [-0.25, -0.2) is 0 Å². The number of aromatic nitrogens is 1. The van der Waals surface area contributed by atoms with Crippen molar-refractivity contribution < 1.29 is 9.53 Å². The van der Waals surface area contributed by atoms with Crippen LogP contribution in [0.5, 0.6) is 11.5 Å². The quantitative estimate of drug-likeness (QED) is 0.499. The Labute approximate surface area is 157 Å². The maximum Gasteiger partial charge on any atom is 0.258 e. The van der Waals surface area contributed by atoms with Crippen LogP contribution < -0.4 is 9.64 Å². The van der Waals surface area contributed by atoms with E-state index in [-0.39, 0.29) is 5.91 Å². The van der Waals surface area contributed by atoms with E-state index in [0.717, 1.165) is 16.7 Å². The molecule has 0 unspecified atom stereocenters. The number of benzene rings is 3. The normalized spacial score (nSPS) is 10.6. The molecule has 0 fully saturated rings. The Balaban J connectivity index is 1.70. The van der Waals surface area contributed by atoms with Gasteiger partial charge < -0.3 is 9.64 Å². The summed E-state index contributed by atoms with van der Waals surface area (Å²) >= 11 is 0. The first-order chi connectivity index (χ1) is 13.2. The zero-order chi connectivity index (χ0) is 18.6. The van der Waals surface area contributed by atoms with Crippen molar-refractivity contribution in [2.75, 3.05) is 11.9 Å². The molecule has 1 amide bonds. The molecule has 27 heavy (non-hydrogen) atoms. The van der Waals surface area contributed by atoms with Crippen molar-refractivity contribution in [1.29, 1.82) is 0 Å². The Morgan fingerprint density at radius 3 is 2.48 bits per heavy atom. The van der Waals surface area contributed by atoms with Gasteiger partial charge in [0.15, 0.2) is 5.75 Å². The Kier molecular flexibility index (Phi) is 4.54. The van der Waals surface area contributed by atoms with Crippen LogP contribution in [0.25, 0.3) is 10.9 Å². The standard InChI is InChI=1S/C23H18N2O2/c1-25(23(26)19-11-7-13-20-18(19)12-8-16-24-20)21-14-5-6-15-22(21)27-17-9-3-2-4-10-17/h2-16H,1H3. The summed E-state index contributed by atoms with van der Waals surface area (Å²) in [5.41, 5.74) is 2.11. The van der Waals surface area contributed by atoms with Crippen molar-refractivity contribution >= 4 is 22.5 Å². The van der Waals surface area contributed by atoms with Crippen LogP contribution in [-0.2, 0) is 0 Å². The molecule has 4 heteroatoms. The fraction of sp³-hybridized carbons (Fsp3) is 0.0435. The van der Waals surface area contributed by atoms with Crippen molar-refractivity contribution in [2.24, 2.45) is 0 Å². The molecule has 0 aliphatic heterocycles. The van der Waals surface area contributed by atoms with Crippen molar-refractivity contribution in [3.05, 3.63) is 96.7 Å². The number of rotatable bonds is 4. The molecule has 4 nitrogen and oxygen atoms in total. The van der Waals surface area contributed by atoms with Gasteiger partial charge in [0, 0.05) is 24.2 Å². The lowest BCUT2D eigenvalue weighted by Crippen LogP contribution is -2.26. The summed E-state index contributed by atoms with van der Waals surface area (Å²) in [4.78, 5) is 19.2. The van der Waals surface area contributed by atoms with Gasteiger partial charge in [-0.05, 0) is 42.5 Å². The van der Waals surface area contributed by atoms with Crippen molar-refractivity contribution in [3.8, 4) is 11.5 Å². The summed E-state index contributed by atoms with van der Waals surface area (Å²) in [5.74, 6) is 1.23. The first kappa shape index (κ1) is 16.8. The fourth-order valence-electron chi connectivity index (χ4n) is 3.02. The Hall–Kier alpha value is -3.66. The van der Waals surface area contributed by atoms with Crippen LogP contribution in [0.1, 0.15) is 10.4 Å². The van der Waals surface area contributed by atoms with Gasteiger partial charge in [-0.2, -0.15) is 0 Å². The molecule has 0 bridgehead atoms. The highest BCUT2D eigenvalue weighted by Gasteiger charge is 2.19. The SMILES string of the molecule is CN(C(=O)c1cccc2ncccc12)c1ccccc1Oc1ccccc1. The second kappa shape index (κ2) is 7.30. The second-order valence-corrected chi connectivity index (χ2v) is 6.12. The van der Waals surface area contributed by atoms with E-state index >= 15 is 0 Å². The van der Waals surface area contributed by atoms with Gasteiger partial charge in [0.05, 0.1) is 11.2 Å². The minimum Gasteiger partial charge on any atom is -0.455 e. The van der Waals surface area contributed by atoms with Crippen LogP contribution in [0.4, 0.5) is 5.69 Å². The average Bonchev–Trinajstić information content (AvgIpc) is 2.73. The third-order valence-corrected chi connectivity index (χ3v) is 4.38. The highest BCUT2D eigenvalue weighted by atomic mass is 16.5. The van der Waals surface area contributed by atoms with Crippen molar-refractivity contribution in [1.82, 2.24) is 4.98 Å². The van der Waals surface area contributed by atoms with Crippen LogP contribution in [0.3, 0.4) is 0 Å². The van der Waals surface area contributed by atoms with Crippen molar-refractivity contribution in [2.45, 2.75) is 0 Å². The molecule has 132 valence electrons. The van der Waals surface area contributed by atoms with Gasteiger partial charge in [-0.3, -0.25) is 9.78 Å². The van der Waals surface area contributed by atoms with Gasteiger partial charge in [0.25, 0.3) is 5.91 Å². The maximum atomic E-state index is 13.2. The highest BCUT2D eigenvalue weighted by Crippen LogP contribution is 2.32. The molecule has 0 aliphatic rings. The number of carbonyl (C=O) groups excluding carboxylic acids is 1. The molecule has 0 atom stereocenters. The molecular formula is C23H18N2O2. The first-order valence-electron chi connectivity index (χ1n) is 8.68. The zero-order valence-corrected chi connectivity index (χ0v) is 14.9. The molecule has 1 heterocycles. The average molecular weight is 354 g/mol. The van der Waals surface area contributed by atoms with E-state index in [1.54, 1.807) is 18.1 Å². The monoisotopic (exact) mass is 354 g/mol. The predicted octanol–water partition coefficient (Wildman–Crippen LogP) is 5.30. The van der Waals surface area contributed by atoms with E-state index < -0.39 is 0 Å². The molecule has 0 saturated heterocycles. The van der Waals surface area contributed by atoms with Gasteiger partial charge in [-0.15, -0.1) is 0 Å². The molecule has 0 aliphatic carbocycles. The summed E-state index contributed by atoms with van der Waals surface area (Å²) in [6.07, 6.45) is 1.73. The van der Waals surface area contributed by atoms with Crippen molar-refractivity contribution in [3.63, 3.8) is 0 Å². The van der Waals surface area contributed by atoms with Crippen LogP contribution in [0.2, 0.25) is 0 Å². The Bertz CT molecular complexity index is 1090. The van der Waals surface area contributed by atoms with Gasteiger partial charge in [-0.1, -0.05) is 42.5 Å². The predicted molar refractivity (Wildman–Crippen MR) is 107 cm³/mol. The number of pyridine rings is 1. The van der Waals surface area contributed by atoms with Crippen LogP contribution in [-0.4, -0.2) is 17.9 Å². The number of amides is 1. The lowest BCUT2D eigenvalue weighted by Gasteiger charge is -2.21. The number of nitrogens with zero attached hydrogens (tertiary/aromatic N) is 2. The summed E-state index contributed by atoms with van der Waals surface area (Å²) < 4.78 is 6.00. The smallest absolute Gasteiger partial charge is 0.258 e. The van der Waals surface area contributed by atoms with E-state index in [0.29, 0.717) is 17.0 Å². The molecule has 0 saturated carbocycles. The molecule has 0 N–H and O–H groups in total. The second-order valence-electron chi connectivity index (χ2n) is 6.12. The van der Waals surface area contributed by atoms with E-state index in [4.69, 9.17) is 4.74 Å². The van der Waals surface area contributed by atoms with Crippen LogP contribution in [0.15, 0.2) is 91.1 Å². The number of carbonyl (C=O) groups is 1. The van der Waals surface area contributed by atoms with Crippen LogP contribution >= 0.6 is 0 Å². The molecule has 4 aromatic rings. The van der Waals surface area contributed by atoms with E-state index in [2.05, 4.69) is 4.98 Å². The Morgan fingerprint density at radius 1 is 0.852 bits per heavy atom. The summed E-state index contributed by atoms with van der Waals surface area (Å²) in [5, 5.41) is 0.832. The number of para-hydroxylation sites is 3. The number of anilines is 1. The van der Waals surface area contributed by atoms with Gasteiger partial charge in [0.1, 0.15) is 5.75 Å². The third-order valence-electron chi connectivity index (χ3n) is 4.38. The maximum absolute atomic E-state index is 13.2. The minimum absolute atomic E-state index is 0.113. The summed E-state index contributed by atoms with van der Waals surface area (Å²) in [6.45, 7) is 0. The first-order valence-corrected chi connectivity index (χ1v) is 8.68. The molecular weight excluding hydrogens is 336 g/mol. The van der Waals surface area contributed by atoms with Crippen LogP contribution in [0, 0.1) is 0 Å². The topological polar surface area (TPSA) is 42.4 Å². The number of ether oxygens (including phenoxy) is 1. The van der Waals surface area contributed by atoms with E-state index in [9.17, 15) is 4.79 Å². The number of hydrogen-bond acceptors (Lipinski definition) is 3. The molecule has 1 aromatic heterocycles. The molecule has 0 spiro atoms. The largest absolute Gasteiger partial charge is 0.455 e. The van der Waals surface area contributed by atoms with E-state index in [1.807, 2.05) is 84.9 Å². The zero-order valence-electron chi connectivity index (χ0n) is 14.9. The third kappa shape index (κ3) is 3.37. The number of fused-ring (bicyclic) bond motifs is 1.